The average Bonchev–Trinajstić information content (AvgIpc) is 2.82. The van der Waals surface area contributed by atoms with Crippen LogP contribution in [0.25, 0.3) is 11.0 Å². The van der Waals surface area contributed by atoms with E-state index in [0.29, 0.717) is 24.4 Å². The standard InChI is InChI=1S/C13H14N4O2/c1-13(11(18)19)7-4-8-17(13)12-14-9-5-2-3-6-10(9)15-16-12/h2-3,5-6H,4,7-8H2,1H3,(H,18,19). The van der Waals surface area contributed by atoms with Crippen LogP contribution >= 0.6 is 0 Å². The van der Waals surface area contributed by atoms with Crippen molar-refractivity contribution in [2.45, 2.75) is 25.3 Å². The predicted molar refractivity (Wildman–Crippen MR) is 70.0 cm³/mol. The van der Waals surface area contributed by atoms with Crippen LogP contribution in [0.1, 0.15) is 19.8 Å². The summed E-state index contributed by atoms with van der Waals surface area (Å²) in [6.07, 6.45) is 1.41. The molecule has 3 rings (SSSR count). The van der Waals surface area contributed by atoms with E-state index in [1.165, 1.54) is 0 Å². The number of anilines is 1. The zero-order valence-electron chi connectivity index (χ0n) is 10.6. The number of aromatic nitrogens is 3. The van der Waals surface area contributed by atoms with Gasteiger partial charge in [-0.25, -0.2) is 9.78 Å². The number of para-hydroxylation sites is 1. The topological polar surface area (TPSA) is 79.2 Å². The largest absolute Gasteiger partial charge is 0.480 e. The number of carboxylic acids is 1. The lowest BCUT2D eigenvalue weighted by Gasteiger charge is -2.30. The maximum atomic E-state index is 11.5. The third kappa shape index (κ3) is 1.80. The molecule has 1 aromatic heterocycles. The summed E-state index contributed by atoms with van der Waals surface area (Å²) in [5.74, 6) is -0.456. The first-order valence-electron chi connectivity index (χ1n) is 6.22. The van der Waals surface area contributed by atoms with Crippen molar-refractivity contribution in [3.63, 3.8) is 0 Å². The summed E-state index contributed by atoms with van der Waals surface area (Å²) in [5.41, 5.74) is 0.499. The van der Waals surface area contributed by atoms with Crippen molar-refractivity contribution in [3.8, 4) is 0 Å². The van der Waals surface area contributed by atoms with Gasteiger partial charge in [0.1, 0.15) is 11.1 Å². The van der Waals surface area contributed by atoms with Crippen molar-refractivity contribution in [2.24, 2.45) is 0 Å². The van der Waals surface area contributed by atoms with Gasteiger partial charge in [-0.15, -0.1) is 10.2 Å². The molecule has 0 radical (unpaired) electrons. The summed E-state index contributed by atoms with van der Waals surface area (Å²) in [7, 11) is 0. The number of rotatable bonds is 2. The molecule has 0 bridgehead atoms. The van der Waals surface area contributed by atoms with E-state index in [-0.39, 0.29) is 0 Å². The minimum absolute atomic E-state index is 0.390. The minimum atomic E-state index is -0.940. The number of hydrogen-bond acceptors (Lipinski definition) is 5. The maximum absolute atomic E-state index is 11.5. The maximum Gasteiger partial charge on any atom is 0.329 e. The molecule has 1 atom stereocenters. The summed E-state index contributed by atoms with van der Waals surface area (Å²) >= 11 is 0. The van der Waals surface area contributed by atoms with Crippen LogP contribution in [0.5, 0.6) is 0 Å². The minimum Gasteiger partial charge on any atom is -0.480 e. The SMILES string of the molecule is CC1(C(=O)O)CCCN1c1nnc2ccccc2n1. The van der Waals surface area contributed by atoms with Crippen molar-refractivity contribution in [1.82, 2.24) is 15.2 Å². The Morgan fingerprint density at radius 1 is 1.32 bits per heavy atom. The molecular weight excluding hydrogens is 244 g/mol. The van der Waals surface area contributed by atoms with E-state index in [2.05, 4.69) is 15.2 Å². The van der Waals surface area contributed by atoms with E-state index in [0.717, 1.165) is 11.9 Å². The van der Waals surface area contributed by atoms with Crippen molar-refractivity contribution in [3.05, 3.63) is 24.3 Å². The highest BCUT2D eigenvalue weighted by atomic mass is 16.4. The van der Waals surface area contributed by atoms with Crippen LogP contribution in [-0.2, 0) is 4.79 Å². The van der Waals surface area contributed by atoms with Gasteiger partial charge in [0.05, 0.1) is 5.52 Å². The predicted octanol–water partition coefficient (Wildman–Crippen LogP) is 1.47. The van der Waals surface area contributed by atoms with Gasteiger partial charge >= 0.3 is 5.97 Å². The number of fused-ring (bicyclic) bond motifs is 1. The first-order chi connectivity index (χ1) is 9.11. The molecule has 0 amide bonds. The molecule has 1 saturated heterocycles. The number of hydrogen-bond donors (Lipinski definition) is 1. The Hall–Kier alpha value is -2.24. The molecule has 0 saturated carbocycles. The van der Waals surface area contributed by atoms with Crippen LogP contribution in [0.3, 0.4) is 0 Å². The van der Waals surface area contributed by atoms with Crippen molar-refractivity contribution >= 4 is 23.0 Å². The van der Waals surface area contributed by atoms with E-state index >= 15 is 0 Å². The molecule has 1 fully saturated rings. The Labute approximate surface area is 110 Å². The van der Waals surface area contributed by atoms with E-state index in [9.17, 15) is 9.90 Å². The molecule has 1 unspecified atom stereocenters. The van der Waals surface area contributed by atoms with Gasteiger partial charge in [0, 0.05) is 6.54 Å². The summed E-state index contributed by atoms with van der Waals surface area (Å²) < 4.78 is 0. The highest BCUT2D eigenvalue weighted by Gasteiger charge is 2.44. The second kappa shape index (κ2) is 4.15. The van der Waals surface area contributed by atoms with E-state index in [4.69, 9.17) is 0 Å². The van der Waals surface area contributed by atoms with Crippen molar-refractivity contribution < 1.29 is 9.90 Å². The van der Waals surface area contributed by atoms with Crippen LogP contribution in [0.4, 0.5) is 5.95 Å². The molecule has 1 aliphatic rings. The number of benzene rings is 1. The van der Waals surface area contributed by atoms with Crippen molar-refractivity contribution in [2.75, 3.05) is 11.4 Å². The van der Waals surface area contributed by atoms with Crippen LogP contribution in [0.2, 0.25) is 0 Å². The molecule has 0 spiro atoms. The summed E-state index contributed by atoms with van der Waals surface area (Å²) in [6, 6.07) is 7.43. The van der Waals surface area contributed by atoms with Gasteiger partial charge in [-0.2, -0.15) is 0 Å². The summed E-state index contributed by atoms with van der Waals surface area (Å²) in [6.45, 7) is 2.35. The molecule has 19 heavy (non-hydrogen) atoms. The molecule has 2 heterocycles. The molecule has 98 valence electrons. The monoisotopic (exact) mass is 258 g/mol. The molecule has 6 nitrogen and oxygen atoms in total. The lowest BCUT2D eigenvalue weighted by atomic mass is 10.00. The summed E-state index contributed by atoms with van der Waals surface area (Å²) in [4.78, 5) is 17.6. The van der Waals surface area contributed by atoms with Gasteiger partial charge in [-0.1, -0.05) is 12.1 Å². The number of carboxylic acid groups (broad SMARTS) is 1. The molecule has 1 N–H and O–H groups in total. The van der Waals surface area contributed by atoms with E-state index < -0.39 is 11.5 Å². The lowest BCUT2D eigenvalue weighted by Crippen LogP contribution is -2.48. The second-order valence-electron chi connectivity index (χ2n) is 4.93. The highest BCUT2D eigenvalue weighted by Crippen LogP contribution is 2.32. The zero-order valence-corrected chi connectivity index (χ0v) is 10.6. The number of nitrogens with zero attached hydrogens (tertiary/aromatic N) is 4. The Bertz CT molecular complexity index is 645. The third-order valence-electron chi connectivity index (χ3n) is 3.69. The molecule has 1 aromatic carbocycles. The van der Waals surface area contributed by atoms with Crippen molar-refractivity contribution in [1.29, 1.82) is 0 Å². The fourth-order valence-corrected chi connectivity index (χ4v) is 2.49. The molecule has 0 aliphatic carbocycles. The third-order valence-corrected chi connectivity index (χ3v) is 3.69. The van der Waals surface area contributed by atoms with Crippen LogP contribution in [0.15, 0.2) is 24.3 Å². The zero-order chi connectivity index (χ0) is 13.5. The lowest BCUT2D eigenvalue weighted by molar-refractivity contribution is -0.142. The summed E-state index contributed by atoms with van der Waals surface area (Å²) in [5, 5.41) is 17.6. The normalized spacial score (nSPS) is 22.9. The van der Waals surface area contributed by atoms with Gasteiger partial charge in [0.2, 0.25) is 5.95 Å². The van der Waals surface area contributed by atoms with Gasteiger partial charge in [-0.3, -0.25) is 0 Å². The fraction of sp³-hybridized carbons (Fsp3) is 0.385. The average molecular weight is 258 g/mol. The molecule has 2 aromatic rings. The number of aliphatic carboxylic acids is 1. The first kappa shape index (κ1) is 11.8. The molecular formula is C13H14N4O2. The molecule has 1 aliphatic heterocycles. The smallest absolute Gasteiger partial charge is 0.329 e. The van der Waals surface area contributed by atoms with E-state index in [1.54, 1.807) is 11.8 Å². The Balaban J connectivity index is 2.06. The Morgan fingerprint density at radius 2 is 2.05 bits per heavy atom. The van der Waals surface area contributed by atoms with Gasteiger partial charge in [0.15, 0.2) is 0 Å². The Morgan fingerprint density at radius 3 is 2.79 bits per heavy atom. The van der Waals surface area contributed by atoms with Gasteiger partial charge < -0.3 is 10.0 Å². The quantitative estimate of drug-likeness (QED) is 0.878. The second-order valence-corrected chi connectivity index (χ2v) is 4.93. The first-order valence-corrected chi connectivity index (χ1v) is 6.22. The number of carbonyl (C=O) groups is 1. The highest BCUT2D eigenvalue weighted by molar-refractivity contribution is 5.83. The molecule has 6 heteroatoms. The van der Waals surface area contributed by atoms with Crippen LogP contribution in [-0.4, -0.2) is 38.3 Å². The van der Waals surface area contributed by atoms with E-state index in [1.807, 2.05) is 24.3 Å². The van der Waals surface area contributed by atoms with Gasteiger partial charge in [0.25, 0.3) is 0 Å². The van der Waals surface area contributed by atoms with Crippen LogP contribution in [0, 0.1) is 0 Å². The van der Waals surface area contributed by atoms with Gasteiger partial charge in [-0.05, 0) is 31.9 Å². The van der Waals surface area contributed by atoms with Crippen LogP contribution < -0.4 is 4.90 Å². The Kier molecular flexibility index (Phi) is 2.58. The fourth-order valence-electron chi connectivity index (χ4n) is 2.49.